The highest BCUT2D eigenvalue weighted by Crippen LogP contribution is 2.20. The summed E-state index contributed by atoms with van der Waals surface area (Å²) in [6.45, 7) is 1.88. The van der Waals surface area contributed by atoms with Crippen LogP contribution in [0.15, 0.2) is 12.1 Å². The molecule has 1 nitrogen and oxygen atoms in total. The lowest BCUT2D eigenvalue weighted by atomic mass is 10.1. The van der Waals surface area contributed by atoms with Crippen molar-refractivity contribution in [3.8, 4) is 5.75 Å². The molecule has 0 atom stereocenters. The maximum atomic E-state index is 12.9. The van der Waals surface area contributed by atoms with Gasteiger partial charge in [0.25, 0.3) is 0 Å². The van der Waals surface area contributed by atoms with Gasteiger partial charge in [0.05, 0.1) is 0 Å². The van der Waals surface area contributed by atoms with Crippen LogP contribution in [-0.2, 0) is 6.42 Å². The van der Waals surface area contributed by atoms with Gasteiger partial charge in [-0.1, -0.05) is 13.3 Å². The van der Waals surface area contributed by atoms with E-state index in [1.165, 1.54) is 0 Å². The molecule has 0 aliphatic rings. The first-order valence-electron chi connectivity index (χ1n) is 3.82. The van der Waals surface area contributed by atoms with Crippen molar-refractivity contribution in [3.63, 3.8) is 0 Å². The molecular weight excluding hydrogens is 162 g/mol. The summed E-state index contributed by atoms with van der Waals surface area (Å²) in [6.07, 6.45) is 1.24. The van der Waals surface area contributed by atoms with Gasteiger partial charge in [-0.15, -0.1) is 0 Å². The van der Waals surface area contributed by atoms with Gasteiger partial charge in [0, 0.05) is 6.07 Å². The van der Waals surface area contributed by atoms with Crippen LogP contribution in [0.2, 0.25) is 0 Å². The van der Waals surface area contributed by atoms with Crippen LogP contribution in [0.3, 0.4) is 0 Å². The Kier molecular flexibility index (Phi) is 2.63. The Morgan fingerprint density at radius 2 is 1.92 bits per heavy atom. The molecule has 1 N–H and O–H groups in total. The van der Waals surface area contributed by atoms with Crippen LogP contribution >= 0.6 is 0 Å². The second-order valence-electron chi connectivity index (χ2n) is 2.65. The van der Waals surface area contributed by atoms with Gasteiger partial charge in [0.15, 0.2) is 11.6 Å². The van der Waals surface area contributed by atoms with Crippen LogP contribution in [0.5, 0.6) is 5.75 Å². The van der Waals surface area contributed by atoms with Crippen molar-refractivity contribution in [2.24, 2.45) is 0 Å². The zero-order chi connectivity index (χ0) is 9.14. The zero-order valence-corrected chi connectivity index (χ0v) is 6.77. The average molecular weight is 172 g/mol. The summed E-state index contributed by atoms with van der Waals surface area (Å²) in [4.78, 5) is 0. The Bertz CT molecular complexity index is 284. The van der Waals surface area contributed by atoms with Gasteiger partial charge >= 0.3 is 0 Å². The van der Waals surface area contributed by atoms with Crippen LogP contribution in [0, 0.1) is 11.6 Å². The van der Waals surface area contributed by atoms with Gasteiger partial charge in [-0.3, -0.25) is 0 Å². The molecule has 1 rings (SSSR count). The lowest BCUT2D eigenvalue weighted by Crippen LogP contribution is -1.91. The summed E-state index contributed by atoms with van der Waals surface area (Å²) in [7, 11) is 0. The molecule has 0 radical (unpaired) electrons. The summed E-state index contributed by atoms with van der Waals surface area (Å²) in [5.74, 6) is -1.94. The molecule has 0 bridgehead atoms. The number of halogens is 2. The molecule has 66 valence electrons. The Morgan fingerprint density at radius 1 is 1.25 bits per heavy atom. The molecule has 0 fully saturated rings. The summed E-state index contributed by atoms with van der Waals surface area (Å²) >= 11 is 0. The number of benzene rings is 1. The van der Waals surface area contributed by atoms with E-state index >= 15 is 0 Å². The van der Waals surface area contributed by atoms with E-state index in [2.05, 4.69) is 0 Å². The molecule has 0 heterocycles. The summed E-state index contributed by atoms with van der Waals surface area (Å²) in [6, 6.07) is 1.84. The van der Waals surface area contributed by atoms with Crippen LogP contribution < -0.4 is 0 Å². The first-order valence-corrected chi connectivity index (χ1v) is 3.82. The highest BCUT2D eigenvalue weighted by atomic mass is 19.1. The molecular formula is C9H10F2O. The fraction of sp³-hybridized carbons (Fsp3) is 0.333. The third kappa shape index (κ3) is 1.72. The van der Waals surface area contributed by atoms with E-state index in [9.17, 15) is 8.78 Å². The molecule has 0 aliphatic heterocycles. The van der Waals surface area contributed by atoms with Crippen molar-refractivity contribution in [1.29, 1.82) is 0 Å². The molecule has 0 aliphatic carbocycles. The van der Waals surface area contributed by atoms with Gasteiger partial charge in [0.2, 0.25) is 0 Å². The SMILES string of the molecule is CCCc1cc(F)c(O)cc1F. The minimum atomic E-state index is -0.764. The van der Waals surface area contributed by atoms with E-state index in [4.69, 9.17) is 5.11 Å². The van der Waals surface area contributed by atoms with Crippen molar-refractivity contribution in [2.45, 2.75) is 19.8 Å². The first-order chi connectivity index (χ1) is 5.65. The smallest absolute Gasteiger partial charge is 0.165 e. The maximum absolute atomic E-state index is 12.9. The van der Waals surface area contributed by atoms with E-state index in [0.29, 0.717) is 12.0 Å². The van der Waals surface area contributed by atoms with E-state index in [-0.39, 0.29) is 0 Å². The molecule has 0 aromatic heterocycles. The van der Waals surface area contributed by atoms with E-state index in [0.717, 1.165) is 18.6 Å². The number of phenols is 1. The Balaban J connectivity index is 3.05. The van der Waals surface area contributed by atoms with Crippen molar-refractivity contribution >= 4 is 0 Å². The number of hydrogen-bond acceptors (Lipinski definition) is 1. The topological polar surface area (TPSA) is 20.2 Å². The van der Waals surface area contributed by atoms with E-state index in [1.807, 2.05) is 6.92 Å². The predicted molar refractivity (Wildman–Crippen MR) is 42.0 cm³/mol. The highest BCUT2D eigenvalue weighted by molar-refractivity contribution is 5.29. The van der Waals surface area contributed by atoms with Crippen LogP contribution in [0.4, 0.5) is 8.78 Å². The summed E-state index contributed by atoms with van der Waals surface area (Å²) < 4.78 is 25.6. The number of hydrogen-bond donors (Lipinski definition) is 1. The summed E-state index contributed by atoms with van der Waals surface area (Å²) in [5.41, 5.74) is 0.313. The highest BCUT2D eigenvalue weighted by Gasteiger charge is 2.07. The van der Waals surface area contributed by atoms with E-state index < -0.39 is 17.4 Å². The molecule has 0 saturated heterocycles. The van der Waals surface area contributed by atoms with Gasteiger partial charge in [-0.25, -0.2) is 8.78 Å². The number of aryl methyl sites for hydroxylation is 1. The van der Waals surface area contributed by atoms with Gasteiger partial charge in [0.1, 0.15) is 5.82 Å². The van der Waals surface area contributed by atoms with Crippen molar-refractivity contribution in [1.82, 2.24) is 0 Å². The van der Waals surface area contributed by atoms with Crippen molar-refractivity contribution in [2.75, 3.05) is 0 Å². The molecule has 0 spiro atoms. The standard InChI is InChI=1S/C9H10F2O/c1-2-3-6-4-8(11)9(12)5-7(6)10/h4-5,12H,2-3H2,1H3. The minimum absolute atomic E-state index is 0.313. The van der Waals surface area contributed by atoms with Crippen LogP contribution in [-0.4, -0.2) is 5.11 Å². The van der Waals surface area contributed by atoms with Crippen molar-refractivity contribution in [3.05, 3.63) is 29.3 Å². The fourth-order valence-electron chi connectivity index (χ4n) is 1.04. The Labute approximate surface area is 69.7 Å². The third-order valence-electron chi connectivity index (χ3n) is 1.64. The van der Waals surface area contributed by atoms with Gasteiger partial charge in [-0.2, -0.15) is 0 Å². The Hall–Kier alpha value is -1.12. The molecule has 3 heteroatoms. The number of phenolic OH excluding ortho intramolecular Hbond substituents is 1. The van der Waals surface area contributed by atoms with Gasteiger partial charge < -0.3 is 5.11 Å². The third-order valence-corrected chi connectivity index (χ3v) is 1.64. The second kappa shape index (κ2) is 3.52. The quantitative estimate of drug-likeness (QED) is 0.727. The molecule has 0 saturated carbocycles. The largest absolute Gasteiger partial charge is 0.505 e. The molecule has 1 aromatic carbocycles. The van der Waals surface area contributed by atoms with Crippen molar-refractivity contribution < 1.29 is 13.9 Å². The molecule has 0 amide bonds. The lowest BCUT2D eigenvalue weighted by Gasteiger charge is -2.02. The van der Waals surface area contributed by atoms with Crippen LogP contribution in [0.25, 0.3) is 0 Å². The first kappa shape index (κ1) is 8.97. The minimum Gasteiger partial charge on any atom is -0.505 e. The second-order valence-corrected chi connectivity index (χ2v) is 2.65. The normalized spacial score (nSPS) is 10.2. The lowest BCUT2D eigenvalue weighted by molar-refractivity contribution is 0.425. The fourth-order valence-corrected chi connectivity index (χ4v) is 1.04. The van der Waals surface area contributed by atoms with Gasteiger partial charge in [-0.05, 0) is 18.1 Å². The predicted octanol–water partition coefficient (Wildman–Crippen LogP) is 2.62. The molecule has 1 aromatic rings. The maximum Gasteiger partial charge on any atom is 0.165 e. The van der Waals surface area contributed by atoms with Crippen LogP contribution in [0.1, 0.15) is 18.9 Å². The van der Waals surface area contributed by atoms with E-state index in [1.54, 1.807) is 0 Å². The molecule has 12 heavy (non-hydrogen) atoms. The average Bonchev–Trinajstić information content (AvgIpc) is 2.01. The zero-order valence-electron chi connectivity index (χ0n) is 6.77. The number of aromatic hydroxyl groups is 1. The molecule has 0 unspecified atom stereocenters. The Morgan fingerprint density at radius 3 is 2.50 bits per heavy atom. The monoisotopic (exact) mass is 172 g/mol. The summed E-state index contributed by atoms with van der Waals surface area (Å²) in [5, 5.41) is 8.78. The number of rotatable bonds is 2.